The summed E-state index contributed by atoms with van der Waals surface area (Å²) in [6, 6.07) is 3.52. The van der Waals surface area contributed by atoms with Gasteiger partial charge in [-0.25, -0.2) is 4.98 Å². The topological polar surface area (TPSA) is 149 Å². The first-order valence-corrected chi connectivity index (χ1v) is 11.7. The molecule has 1 fully saturated rings. The number of fused-ring (bicyclic) bond motifs is 1. The molecule has 0 aromatic carbocycles. The van der Waals surface area contributed by atoms with Gasteiger partial charge in [0.1, 0.15) is 17.8 Å². The molecule has 12 heteroatoms. The van der Waals surface area contributed by atoms with Gasteiger partial charge >= 0.3 is 0 Å². The van der Waals surface area contributed by atoms with Crippen molar-refractivity contribution in [2.24, 2.45) is 11.3 Å². The number of piperidine rings is 1. The number of nitrogens with zero attached hydrogens (tertiary/aromatic N) is 2. The molecular weight excluding hydrogens is 458 g/mol. The number of aromatic nitrogens is 2. The minimum absolute atomic E-state index is 0.106. The molecule has 0 bridgehead atoms. The summed E-state index contributed by atoms with van der Waals surface area (Å²) in [6.45, 7) is 5.83. The fourth-order valence-corrected chi connectivity index (χ4v) is 4.23. The maximum absolute atomic E-state index is 13.2. The van der Waals surface area contributed by atoms with Crippen LogP contribution in [0.25, 0.3) is 10.9 Å². The van der Waals surface area contributed by atoms with Crippen LogP contribution in [0.1, 0.15) is 56.9 Å². The third-order valence-corrected chi connectivity index (χ3v) is 6.01. The standard InChI is InChI=1S/C24H30B2N6O4/c1-23(2,3)11-18(31-20(34)17-10-15-16(30-17)6-8-28-22(15)36-4)21(35)29-14(12-27)9-13-5-7-24(25,26)32-19(13)33/h6,8,10,13-14,18,30H,5,7,9,11H2,1-4H3,(H,29,35)(H,31,34)(H,32,33)/t13-,14-,18-/m0/s1. The minimum atomic E-state index is -1.27. The van der Waals surface area contributed by atoms with Gasteiger partial charge in [-0.3, -0.25) is 14.4 Å². The van der Waals surface area contributed by atoms with E-state index < -0.39 is 35.2 Å². The van der Waals surface area contributed by atoms with Crippen molar-refractivity contribution in [2.45, 2.75) is 63.9 Å². The number of hydrogen-bond donors (Lipinski definition) is 4. The number of methoxy groups -OCH3 is 1. The summed E-state index contributed by atoms with van der Waals surface area (Å²) in [5.41, 5.74) is 0.601. The number of ether oxygens (including phenoxy) is 1. The van der Waals surface area contributed by atoms with Crippen LogP contribution in [0.4, 0.5) is 0 Å². The first-order valence-electron chi connectivity index (χ1n) is 11.7. The maximum atomic E-state index is 13.2. The van der Waals surface area contributed by atoms with Crippen LogP contribution < -0.4 is 20.7 Å². The number of hydrogen-bond acceptors (Lipinski definition) is 6. The average Bonchev–Trinajstić information content (AvgIpc) is 3.23. The van der Waals surface area contributed by atoms with Gasteiger partial charge in [-0.2, -0.15) is 5.26 Å². The van der Waals surface area contributed by atoms with Crippen LogP contribution in [0.3, 0.4) is 0 Å². The molecule has 0 unspecified atom stereocenters. The Morgan fingerprint density at radius 2 is 2.08 bits per heavy atom. The Morgan fingerprint density at radius 3 is 2.69 bits per heavy atom. The van der Waals surface area contributed by atoms with Crippen molar-refractivity contribution in [3.05, 3.63) is 24.0 Å². The quantitative estimate of drug-likeness (QED) is 0.408. The van der Waals surface area contributed by atoms with Gasteiger partial charge in [0, 0.05) is 12.1 Å². The van der Waals surface area contributed by atoms with Crippen LogP contribution in [-0.4, -0.2) is 67.9 Å². The van der Waals surface area contributed by atoms with E-state index in [1.54, 1.807) is 18.3 Å². The fourth-order valence-electron chi connectivity index (χ4n) is 4.23. The highest BCUT2D eigenvalue weighted by atomic mass is 16.5. The predicted molar refractivity (Wildman–Crippen MR) is 135 cm³/mol. The Kier molecular flexibility index (Phi) is 8.02. The smallest absolute Gasteiger partial charge is 0.268 e. The highest BCUT2D eigenvalue weighted by Crippen LogP contribution is 2.26. The number of nitrogens with one attached hydrogen (secondary N) is 4. The number of rotatable bonds is 8. The number of carbonyl (C=O) groups excluding carboxylic acids is 3. The molecule has 0 aliphatic carbocycles. The highest BCUT2D eigenvalue weighted by Gasteiger charge is 2.35. The molecule has 3 amide bonds. The van der Waals surface area contributed by atoms with E-state index in [1.807, 2.05) is 26.8 Å². The molecular formula is C24H30B2N6O4. The van der Waals surface area contributed by atoms with Gasteiger partial charge in [-0.1, -0.05) is 20.8 Å². The monoisotopic (exact) mass is 488 g/mol. The Bertz CT molecular complexity index is 1180. The van der Waals surface area contributed by atoms with Gasteiger partial charge in [0.05, 0.1) is 39.8 Å². The Morgan fingerprint density at radius 1 is 1.36 bits per heavy atom. The number of carbonyl (C=O) groups is 3. The molecule has 3 heterocycles. The molecule has 36 heavy (non-hydrogen) atoms. The number of H-pyrrole nitrogens is 1. The van der Waals surface area contributed by atoms with Crippen molar-refractivity contribution in [3.63, 3.8) is 0 Å². The van der Waals surface area contributed by atoms with Gasteiger partial charge in [0.25, 0.3) is 5.91 Å². The van der Waals surface area contributed by atoms with Crippen molar-refractivity contribution in [3.8, 4) is 11.9 Å². The third-order valence-electron chi connectivity index (χ3n) is 6.01. The molecule has 4 radical (unpaired) electrons. The summed E-state index contributed by atoms with van der Waals surface area (Å²) >= 11 is 0. The summed E-state index contributed by atoms with van der Waals surface area (Å²) < 4.78 is 5.24. The Labute approximate surface area is 213 Å². The van der Waals surface area contributed by atoms with Gasteiger partial charge in [0.2, 0.25) is 17.7 Å². The summed E-state index contributed by atoms with van der Waals surface area (Å²) in [5, 5.41) is 17.0. The molecule has 4 N–H and O–H groups in total. The van der Waals surface area contributed by atoms with E-state index in [0.717, 1.165) is 0 Å². The lowest BCUT2D eigenvalue weighted by Gasteiger charge is -2.36. The first kappa shape index (κ1) is 27.1. The van der Waals surface area contributed by atoms with E-state index in [9.17, 15) is 19.6 Å². The number of aromatic amines is 1. The van der Waals surface area contributed by atoms with Crippen LogP contribution in [0, 0.1) is 22.7 Å². The highest BCUT2D eigenvalue weighted by molar-refractivity contribution is 6.41. The SMILES string of the molecule is [B]C1([B])CC[C@@H](C[C@@H](C#N)NC(=O)[C@H](CC(C)(C)C)NC(=O)c2cc3c(OC)nccc3[nH]2)C(=O)N1. The van der Waals surface area contributed by atoms with E-state index >= 15 is 0 Å². The van der Waals surface area contributed by atoms with Crippen LogP contribution in [0.2, 0.25) is 0 Å². The van der Waals surface area contributed by atoms with Crippen LogP contribution >= 0.6 is 0 Å². The predicted octanol–water partition coefficient (Wildman–Crippen LogP) is 1.02. The molecule has 3 atom stereocenters. The van der Waals surface area contributed by atoms with Crippen molar-refractivity contribution >= 4 is 44.3 Å². The van der Waals surface area contributed by atoms with E-state index in [-0.39, 0.29) is 23.4 Å². The van der Waals surface area contributed by atoms with Gasteiger partial charge in [-0.05, 0) is 48.6 Å². The molecule has 1 aliphatic rings. The molecule has 1 saturated heterocycles. The number of nitriles is 1. The van der Waals surface area contributed by atoms with Crippen molar-refractivity contribution in [1.82, 2.24) is 25.9 Å². The lowest BCUT2D eigenvalue weighted by molar-refractivity contribution is -0.129. The average molecular weight is 488 g/mol. The molecule has 0 spiro atoms. The van der Waals surface area contributed by atoms with Crippen LogP contribution in [0.5, 0.6) is 5.88 Å². The zero-order valence-corrected chi connectivity index (χ0v) is 21.0. The summed E-state index contributed by atoms with van der Waals surface area (Å²) in [4.78, 5) is 45.7. The lowest BCUT2D eigenvalue weighted by Crippen LogP contribution is -2.56. The lowest BCUT2D eigenvalue weighted by atomic mass is 9.57. The van der Waals surface area contributed by atoms with Gasteiger partial charge in [0.15, 0.2) is 0 Å². The Balaban J connectivity index is 1.72. The van der Waals surface area contributed by atoms with Gasteiger partial charge in [-0.15, -0.1) is 0 Å². The zero-order chi connectivity index (χ0) is 26.7. The second kappa shape index (κ2) is 10.6. The summed E-state index contributed by atoms with van der Waals surface area (Å²) in [7, 11) is 13.0. The van der Waals surface area contributed by atoms with Gasteiger partial charge < -0.3 is 25.7 Å². The fraction of sp³-hybridized carbons (Fsp3) is 0.542. The second-order valence-electron chi connectivity index (χ2n) is 10.4. The van der Waals surface area contributed by atoms with Crippen LogP contribution in [-0.2, 0) is 9.59 Å². The van der Waals surface area contributed by atoms with Crippen molar-refractivity contribution < 1.29 is 19.1 Å². The zero-order valence-electron chi connectivity index (χ0n) is 21.0. The molecule has 3 rings (SSSR count). The molecule has 2 aromatic rings. The summed E-state index contributed by atoms with van der Waals surface area (Å²) in [6.07, 6.45) is 2.73. The molecule has 10 nitrogen and oxygen atoms in total. The molecule has 1 aliphatic heterocycles. The maximum Gasteiger partial charge on any atom is 0.268 e. The second-order valence-corrected chi connectivity index (χ2v) is 10.4. The summed E-state index contributed by atoms with van der Waals surface area (Å²) in [5.74, 6) is -1.50. The molecule has 0 saturated carbocycles. The van der Waals surface area contributed by atoms with Crippen molar-refractivity contribution in [2.75, 3.05) is 7.11 Å². The normalized spacial score (nSPS) is 19.0. The van der Waals surface area contributed by atoms with E-state index in [4.69, 9.17) is 20.4 Å². The Hall–Kier alpha value is -3.48. The van der Waals surface area contributed by atoms with E-state index in [1.165, 1.54) is 7.11 Å². The third kappa shape index (κ3) is 6.80. The number of amides is 3. The minimum Gasteiger partial charge on any atom is -0.481 e. The van der Waals surface area contributed by atoms with E-state index in [0.29, 0.717) is 36.0 Å². The molecule has 2 aromatic heterocycles. The number of pyridine rings is 1. The van der Waals surface area contributed by atoms with Crippen LogP contribution in [0.15, 0.2) is 18.3 Å². The van der Waals surface area contributed by atoms with E-state index in [2.05, 4.69) is 25.9 Å². The van der Waals surface area contributed by atoms with Crippen molar-refractivity contribution in [1.29, 1.82) is 5.26 Å². The molecule has 186 valence electrons. The largest absolute Gasteiger partial charge is 0.481 e. The first-order chi connectivity index (χ1) is 16.8.